The number of aromatic nitrogens is 2. The van der Waals surface area contributed by atoms with E-state index in [1.807, 2.05) is 31.2 Å². The zero-order chi connectivity index (χ0) is 19.3. The number of likely N-dealkylation sites (tertiary alicyclic amines) is 1. The number of nitrogens with two attached hydrogens (primary N) is 1. The van der Waals surface area contributed by atoms with Crippen LogP contribution in [0.25, 0.3) is 11.4 Å². The maximum absolute atomic E-state index is 6.04. The van der Waals surface area contributed by atoms with Crippen molar-refractivity contribution in [2.75, 3.05) is 26.2 Å². The highest BCUT2D eigenvalue weighted by atomic mass is 16.5. The number of hydrogen-bond acceptors (Lipinski definition) is 6. The summed E-state index contributed by atoms with van der Waals surface area (Å²) in [6, 6.07) is 18.4. The van der Waals surface area contributed by atoms with Crippen molar-refractivity contribution in [3.05, 3.63) is 66.1 Å². The second kappa shape index (κ2) is 8.54. The van der Waals surface area contributed by atoms with Crippen LogP contribution in [0, 0.1) is 5.92 Å². The molecule has 4 rings (SSSR count). The standard InChI is InChI=1S/C22H26N4O2/c1-2-27-19-10-8-17(9-11-19)22-24-21(28-25-22)15-26-13-18(12-23)20(14-26)16-6-4-3-5-7-16/h3-11,18,20H,2,12-15,23H2,1H3/t18-,20+/m1/s1. The van der Waals surface area contributed by atoms with E-state index < -0.39 is 0 Å². The molecule has 0 unspecified atom stereocenters. The molecule has 0 bridgehead atoms. The molecule has 1 fully saturated rings. The van der Waals surface area contributed by atoms with Gasteiger partial charge in [-0.25, -0.2) is 0 Å². The van der Waals surface area contributed by atoms with Gasteiger partial charge in [-0.15, -0.1) is 0 Å². The van der Waals surface area contributed by atoms with Crippen molar-refractivity contribution >= 4 is 0 Å². The predicted molar refractivity (Wildman–Crippen MR) is 108 cm³/mol. The Morgan fingerprint density at radius 3 is 2.61 bits per heavy atom. The van der Waals surface area contributed by atoms with Gasteiger partial charge in [0.15, 0.2) is 0 Å². The van der Waals surface area contributed by atoms with E-state index >= 15 is 0 Å². The smallest absolute Gasteiger partial charge is 0.241 e. The normalized spacial score (nSPS) is 19.8. The highest BCUT2D eigenvalue weighted by Crippen LogP contribution is 2.32. The Kier molecular flexibility index (Phi) is 5.69. The fourth-order valence-electron chi connectivity index (χ4n) is 3.90. The van der Waals surface area contributed by atoms with Gasteiger partial charge in [-0.05, 0) is 49.2 Å². The molecule has 2 aromatic carbocycles. The third kappa shape index (κ3) is 4.08. The summed E-state index contributed by atoms with van der Waals surface area (Å²) in [5, 5.41) is 4.14. The van der Waals surface area contributed by atoms with E-state index in [2.05, 4.69) is 45.4 Å². The molecular weight excluding hydrogens is 352 g/mol. The summed E-state index contributed by atoms with van der Waals surface area (Å²) in [4.78, 5) is 6.93. The van der Waals surface area contributed by atoms with E-state index in [1.165, 1.54) is 5.56 Å². The van der Waals surface area contributed by atoms with Crippen LogP contribution in [0.1, 0.15) is 24.3 Å². The number of nitrogens with zero attached hydrogens (tertiary/aromatic N) is 3. The molecule has 6 nitrogen and oxygen atoms in total. The lowest BCUT2D eigenvalue weighted by molar-refractivity contribution is 0.260. The molecule has 1 aromatic heterocycles. The summed E-state index contributed by atoms with van der Waals surface area (Å²) in [5.74, 6) is 2.96. The van der Waals surface area contributed by atoms with Gasteiger partial charge >= 0.3 is 0 Å². The molecule has 2 N–H and O–H groups in total. The molecule has 0 spiro atoms. The lowest BCUT2D eigenvalue weighted by atomic mass is 9.89. The fourth-order valence-corrected chi connectivity index (χ4v) is 3.90. The van der Waals surface area contributed by atoms with Crippen molar-refractivity contribution in [1.29, 1.82) is 0 Å². The van der Waals surface area contributed by atoms with Crippen LogP contribution >= 0.6 is 0 Å². The summed E-state index contributed by atoms with van der Waals surface area (Å²) in [6.07, 6.45) is 0. The van der Waals surface area contributed by atoms with Crippen molar-refractivity contribution < 1.29 is 9.26 Å². The third-order valence-corrected chi connectivity index (χ3v) is 5.30. The monoisotopic (exact) mass is 378 g/mol. The molecule has 1 aliphatic rings. The molecule has 6 heteroatoms. The zero-order valence-electron chi connectivity index (χ0n) is 16.1. The minimum Gasteiger partial charge on any atom is -0.494 e. The van der Waals surface area contributed by atoms with E-state index in [4.69, 9.17) is 15.0 Å². The molecule has 1 saturated heterocycles. The lowest BCUT2D eigenvalue weighted by Gasteiger charge is -2.16. The summed E-state index contributed by atoms with van der Waals surface area (Å²) in [5.41, 5.74) is 8.31. The number of ether oxygens (including phenoxy) is 1. The first-order valence-corrected chi connectivity index (χ1v) is 9.80. The van der Waals surface area contributed by atoms with Crippen LogP contribution in [0.2, 0.25) is 0 Å². The van der Waals surface area contributed by atoms with Crippen LogP contribution < -0.4 is 10.5 Å². The Labute approximate surface area is 165 Å². The van der Waals surface area contributed by atoms with Crippen molar-refractivity contribution in [3.8, 4) is 17.1 Å². The van der Waals surface area contributed by atoms with Gasteiger partial charge in [0.05, 0.1) is 13.2 Å². The Morgan fingerprint density at radius 2 is 1.89 bits per heavy atom. The van der Waals surface area contributed by atoms with Gasteiger partial charge in [0.25, 0.3) is 0 Å². The van der Waals surface area contributed by atoms with Crippen molar-refractivity contribution in [1.82, 2.24) is 15.0 Å². The Hall–Kier alpha value is -2.70. The van der Waals surface area contributed by atoms with Gasteiger partial charge in [0, 0.05) is 24.6 Å². The van der Waals surface area contributed by atoms with Gasteiger partial charge in [0.1, 0.15) is 5.75 Å². The number of rotatable bonds is 7. The van der Waals surface area contributed by atoms with Crippen molar-refractivity contribution in [2.45, 2.75) is 19.4 Å². The molecule has 0 amide bonds. The van der Waals surface area contributed by atoms with Gasteiger partial charge in [-0.3, -0.25) is 4.90 Å². The SMILES string of the molecule is CCOc1ccc(-c2noc(CN3C[C@@H](CN)[C@H](c4ccccc4)C3)n2)cc1. The van der Waals surface area contributed by atoms with Gasteiger partial charge in [-0.2, -0.15) is 4.98 Å². The van der Waals surface area contributed by atoms with Gasteiger partial charge < -0.3 is 15.0 Å². The van der Waals surface area contributed by atoms with E-state index in [0.29, 0.717) is 43.2 Å². The average Bonchev–Trinajstić information content (AvgIpc) is 3.37. The number of hydrogen-bond donors (Lipinski definition) is 1. The molecular formula is C22H26N4O2. The summed E-state index contributed by atoms with van der Waals surface area (Å²) >= 11 is 0. The third-order valence-electron chi connectivity index (χ3n) is 5.30. The van der Waals surface area contributed by atoms with Gasteiger partial charge in [-0.1, -0.05) is 35.5 Å². The van der Waals surface area contributed by atoms with E-state index in [-0.39, 0.29) is 0 Å². The molecule has 1 aliphatic heterocycles. The molecule has 146 valence electrons. The fraction of sp³-hybridized carbons (Fsp3) is 0.364. The van der Waals surface area contributed by atoms with Crippen LogP contribution in [0.15, 0.2) is 59.1 Å². The van der Waals surface area contributed by atoms with Crippen LogP contribution in [-0.2, 0) is 6.54 Å². The number of benzene rings is 2. The second-order valence-corrected chi connectivity index (χ2v) is 7.18. The first kappa shape index (κ1) is 18.7. The van der Waals surface area contributed by atoms with Crippen molar-refractivity contribution in [2.24, 2.45) is 11.7 Å². The largest absolute Gasteiger partial charge is 0.494 e. The molecule has 0 radical (unpaired) electrons. The molecule has 3 aromatic rings. The van der Waals surface area contributed by atoms with E-state index in [9.17, 15) is 0 Å². The molecule has 2 atom stereocenters. The first-order valence-electron chi connectivity index (χ1n) is 9.80. The zero-order valence-corrected chi connectivity index (χ0v) is 16.1. The first-order chi connectivity index (χ1) is 13.8. The summed E-state index contributed by atoms with van der Waals surface area (Å²) in [6.45, 7) is 5.83. The minimum absolute atomic E-state index is 0.441. The van der Waals surface area contributed by atoms with Crippen molar-refractivity contribution in [3.63, 3.8) is 0 Å². The van der Waals surface area contributed by atoms with Crippen LogP contribution in [0.4, 0.5) is 0 Å². The topological polar surface area (TPSA) is 77.4 Å². The highest BCUT2D eigenvalue weighted by Gasteiger charge is 2.33. The second-order valence-electron chi connectivity index (χ2n) is 7.18. The average molecular weight is 378 g/mol. The van der Waals surface area contributed by atoms with Crippen LogP contribution in [0.3, 0.4) is 0 Å². The summed E-state index contributed by atoms with van der Waals surface area (Å²) in [7, 11) is 0. The molecule has 2 heterocycles. The van der Waals surface area contributed by atoms with E-state index in [1.54, 1.807) is 0 Å². The minimum atomic E-state index is 0.441. The maximum atomic E-state index is 6.04. The van der Waals surface area contributed by atoms with Gasteiger partial charge in [0.2, 0.25) is 11.7 Å². The summed E-state index contributed by atoms with van der Waals surface area (Å²) < 4.78 is 11.0. The lowest BCUT2D eigenvalue weighted by Crippen LogP contribution is -2.23. The molecule has 0 aliphatic carbocycles. The van der Waals surface area contributed by atoms with Crippen LogP contribution in [-0.4, -0.2) is 41.3 Å². The maximum Gasteiger partial charge on any atom is 0.241 e. The Morgan fingerprint density at radius 1 is 1.11 bits per heavy atom. The predicted octanol–water partition coefficient (Wildman–Crippen LogP) is 3.31. The Balaban J connectivity index is 1.42. The Bertz CT molecular complexity index is 879. The molecule has 28 heavy (non-hydrogen) atoms. The van der Waals surface area contributed by atoms with Crippen LogP contribution in [0.5, 0.6) is 5.75 Å². The quantitative estimate of drug-likeness (QED) is 0.680. The molecule has 0 saturated carbocycles. The van der Waals surface area contributed by atoms with E-state index in [0.717, 1.165) is 24.4 Å². The highest BCUT2D eigenvalue weighted by molar-refractivity contribution is 5.55.